The lowest BCUT2D eigenvalue weighted by Crippen LogP contribution is -2.10. The SMILES string of the molecule is N#CC(=Cc1ccc(OCC(=O)O)cc1)C(N)=S. The molecular weight excluding hydrogens is 252 g/mol. The van der Waals surface area contributed by atoms with Crippen LogP contribution >= 0.6 is 12.2 Å². The third-order valence-corrected chi connectivity index (χ3v) is 2.16. The average molecular weight is 262 g/mol. The molecule has 1 rings (SSSR count). The molecule has 0 unspecified atom stereocenters. The van der Waals surface area contributed by atoms with E-state index in [1.165, 1.54) is 0 Å². The van der Waals surface area contributed by atoms with Gasteiger partial charge in [-0.15, -0.1) is 0 Å². The van der Waals surface area contributed by atoms with Gasteiger partial charge in [0.05, 0.1) is 5.57 Å². The standard InChI is InChI=1S/C12H10N2O3S/c13-6-9(12(14)18)5-8-1-3-10(4-2-8)17-7-11(15)16/h1-5H,7H2,(H2,14,18)(H,15,16). The molecule has 0 aliphatic heterocycles. The van der Waals surface area contributed by atoms with Gasteiger partial charge in [-0.2, -0.15) is 5.26 Å². The number of rotatable bonds is 5. The molecule has 0 saturated carbocycles. The predicted octanol–water partition coefficient (Wildman–Crippen LogP) is 1.34. The van der Waals surface area contributed by atoms with Crippen molar-refractivity contribution >= 4 is 29.3 Å². The second-order valence-electron chi connectivity index (χ2n) is 3.29. The monoisotopic (exact) mass is 262 g/mol. The summed E-state index contributed by atoms with van der Waals surface area (Å²) in [5, 5.41) is 17.2. The van der Waals surface area contributed by atoms with Gasteiger partial charge in [-0.3, -0.25) is 0 Å². The van der Waals surface area contributed by atoms with Gasteiger partial charge >= 0.3 is 5.97 Å². The third kappa shape index (κ3) is 4.23. The van der Waals surface area contributed by atoms with E-state index in [4.69, 9.17) is 33.1 Å². The van der Waals surface area contributed by atoms with Gasteiger partial charge in [0.1, 0.15) is 16.8 Å². The molecule has 5 nitrogen and oxygen atoms in total. The first-order chi connectivity index (χ1) is 8.52. The van der Waals surface area contributed by atoms with E-state index in [2.05, 4.69) is 0 Å². The Morgan fingerprint density at radius 1 is 1.50 bits per heavy atom. The van der Waals surface area contributed by atoms with Crippen LogP contribution in [-0.2, 0) is 4.79 Å². The molecular formula is C12H10N2O3S. The number of nitriles is 1. The Kier molecular flexibility index (Phi) is 4.84. The molecule has 0 aliphatic carbocycles. The van der Waals surface area contributed by atoms with Crippen LogP contribution in [0.3, 0.4) is 0 Å². The van der Waals surface area contributed by atoms with Gasteiger partial charge in [0.2, 0.25) is 0 Å². The predicted molar refractivity (Wildman–Crippen MR) is 69.9 cm³/mol. The Morgan fingerprint density at radius 2 is 2.11 bits per heavy atom. The van der Waals surface area contributed by atoms with Crippen LogP contribution in [0.25, 0.3) is 6.08 Å². The number of carboxylic acid groups (broad SMARTS) is 1. The van der Waals surface area contributed by atoms with Crippen LogP contribution < -0.4 is 10.5 Å². The van der Waals surface area contributed by atoms with Crippen LogP contribution in [0.1, 0.15) is 5.56 Å². The van der Waals surface area contributed by atoms with E-state index in [9.17, 15) is 4.79 Å². The summed E-state index contributed by atoms with van der Waals surface area (Å²) in [6.07, 6.45) is 1.54. The quantitative estimate of drug-likeness (QED) is 0.472. The lowest BCUT2D eigenvalue weighted by Gasteiger charge is -2.03. The van der Waals surface area contributed by atoms with Crippen LogP contribution in [0.15, 0.2) is 29.8 Å². The number of nitrogens with two attached hydrogens (primary N) is 1. The molecule has 0 saturated heterocycles. The van der Waals surface area contributed by atoms with Gasteiger partial charge in [0, 0.05) is 0 Å². The molecule has 1 aromatic carbocycles. The largest absolute Gasteiger partial charge is 0.482 e. The number of ether oxygens (including phenoxy) is 1. The van der Waals surface area contributed by atoms with Crippen molar-refractivity contribution in [3.8, 4) is 11.8 Å². The number of aliphatic carboxylic acids is 1. The molecule has 0 amide bonds. The first kappa shape index (κ1) is 13.7. The highest BCUT2D eigenvalue weighted by molar-refractivity contribution is 7.80. The van der Waals surface area contributed by atoms with E-state index in [0.717, 1.165) is 5.56 Å². The molecule has 6 heteroatoms. The molecule has 0 aliphatic rings. The minimum absolute atomic E-state index is 0.0312. The van der Waals surface area contributed by atoms with Gasteiger partial charge in [-0.25, -0.2) is 4.79 Å². The minimum Gasteiger partial charge on any atom is -0.482 e. The fraction of sp³-hybridized carbons (Fsp3) is 0.0833. The summed E-state index contributed by atoms with van der Waals surface area (Å²) in [5.74, 6) is -0.609. The van der Waals surface area contributed by atoms with Crippen molar-refractivity contribution in [1.29, 1.82) is 5.26 Å². The molecule has 0 fully saturated rings. The van der Waals surface area contributed by atoms with E-state index in [0.29, 0.717) is 5.75 Å². The third-order valence-electron chi connectivity index (χ3n) is 1.94. The molecule has 3 N–H and O–H groups in total. The van der Waals surface area contributed by atoms with Crippen LogP contribution in [0.2, 0.25) is 0 Å². The summed E-state index contributed by atoms with van der Waals surface area (Å²) < 4.78 is 4.97. The smallest absolute Gasteiger partial charge is 0.341 e. The molecule has 0 atom stereocenters. The zero-order valence-electron chi connectivity index (χ0n) is 9.29. The van der Waals surface area contributed by atoms with Crippen molar-refractivity contribution < 1.29 is 14.6 Å². The van der Waals surface area contributed by atoms with Gasteiger partial charge in [0.15, 0.2) is 6.61 Å². The normalized spacial score (nSPS) is 10.5. The second kappa shape index (κ2) is 6.37. The number of hydrogen-bond acceptors (Lipinski definition) is 4. The van der Waals surface area contributed by atoms with Crippen molar-refractivity contribution in [2.24, 2.45) is 5.73 Å². The first-order valence-electron chi connectivity index (χ1n) is 4.89. The Labute approximate surface area is 109 Å². The van der Waals surface area contributed by atoms with Crippen LogP contribution in [-0.4, -0.2) is 22.7 Å². The number of hydrogen-bond donors (Lipinski definition) is 2. The summed E-state index contributed by atoms with van der Waals surface area (Å²) in [5.41, 5.74) is 6.29. The van der Waals surface area contributed by atoms with Crippen molar-refractivity contribution in [2.75, 3.05) is 6.61 Å². The van der Waals surface area contributed by atoms with Crippen LogP contribution in [0.4, 0.5) is 0 Å². The topological polar surface area (TPSA) is 96.3 Å². The van der Waals surface area contributed by atoms with E-state index in [1.54, 1.807) is 30.3 Å². The Hall–Kier alpha value is -2.39. The number of benzene rings is 1. The van der Waals surface area contributed by atoms with Crippen molar-refractivity contribution in [1.82, 2.24) is 0 Å². The zero-order valence-corrected chi connectivity index (χ0v) is 10.1. The molecule has 0 heterocycles. The van der Waals surface area contributed by atoms with E-state index >= 15 is 0 Å². The van der Waals surface area contributed by atoms with E-state index in [1.807, 2.05) is 6.07 Å². The molecule has 0 spiro atoms. The second-order valence-corrected chi connectivity index (χ2v) is 3.73. The van der Waals surface area contributed by atoms with Crippen molar-refractivity contribution in [2.45, 2.75) is 0 Å². The maximum Gasteiger partial charge on any atom is 0.341 e. The van der Waals surface area contributed by atoms with Gasteiger partial charge in [0.25, 0.3) is 0 Å². The van der Waals surface area contributed by atoms with Gasteiger partial charge in [-0.1, -0.05) is 24.4 Å². The number of nitrogens with zero attached hydrogens (tertiary/aromatic N) is 1. The minimum atomic E-state index is -1.04. The fourth-order valence-electron chi connectivity index (χ4n) is 1.13. The van der Waals surface area contributed by atoms with E-state index in [-0.39, 0.29) is 10.6 Å². The highest BCUT2D eigenvalue weighted by Gasteiger charge is 2.01. The molecule has 1 aromatic rings. The maximum atomic E-state index is 10.3. The highest BCUT2D eigenvalue weighted by atomic mass is 32.1. The number of thiocarbonyl (C=S) groups is 1. The maximum absolute atomic E-state index is 10.3. The zero-order chi connectivity index (χ0) is 13.5. The fourth-order valence-corrected chi connectivity index (χ4v) is 1.24. The lowest BCUT2D eigenvalue weighted by atomic mass is 10.1. The summed E-state index contributed by atoms with van der Waals surface area (Å²) in [7, 11) is 0. The molecule has 0 aromatic heterocycles. The van der Waals surface area contributed by atoms with Crippen molar-refractivity contribution in [3.05, 3.63) is 35.4 Å². The summed E-state index contributed by atoms with van der Waals surface area (Å²) in [4.78, 5) is 10.3. The summed E-state index contributed by atoms with van der Waals surface area (Å²) in [6.45, 7) is -0.397. The molecule has 18 heavy (non-hydrogen) atoms. The number of carbonyl (C=O) groups is 1. The van der Waals surface area contributed by atoms with Gasteiger partial charge in [-0.05, 0) is 23.8 Å². The summed E-state index contributed by atoms with van der Waals surface area (Å²) in [6, 6.07) is 8.44. The van der Waals surface area contributed by atoms with E-state index < -0.39 is 12.6 Å². The van der Waals surface area contributed by atoms with Crippen molar-refractivity contribution in [3.63, 3.8) is 0 Å². The van der Waals surface area contributed by atoms with Gasteiger partial charge < -0.3 is 15.6 Å². The molecule has 0 bridgehead atoms. The first-order valence-corrected chi connectivity index (χ1v) is 5.30. The molecule has 0 radical (unpaired) electrons. The highest BCUT2D eigenvalue weighted by Crippen LogP contribution is 2.14. The Morgan fingerprint density at radius 3 is 2.56 bits per heavy atom. The molecule has 92 valence electrons. The van der Waals surface area contributed by atoms with Crippen LogP contribution in [0, 0.1) is 11.3 Å². The lowest BCUT2D eigenvalue weighted by molar-refractivity contribution is -0.139. The van der Waals surface area contributed by atoms with Crippen LogP contribution in [0.5, 0.6) is 5.75 Å². The Bertz CT molecular complexity index is 529. The average Bonchev–Trinajstić information content (AvgIpc) is 2.34. The summed E-state index contributed by atoms with van der Waals surface area (Å²) >= 11 is 4.71. The number of carboxylic acids is 1. The Balaban J connectivity index is 2.80.